The number of aryl methyl sites for hydroxylation is 1. The van der Waals surface area contributed by atoms with Gasteiger partial charge in [0.1, 0.15) is 23.7 Å². The van der Waals surface area contributed by atoms with Crippen LogP contribution in [0.2, 0.25) is 0 Å². The van der Waals surface area contributed by atoms with Crippen molar-refractivity contribution in [3.05, 3.63) is 29.8 Å². The van der Waals surface area contributed by atoms with Gasteiger partial charge in [0, 0.05) is 71.7 Å². The molecule has 0 aromatic carbocycles. The number of aromatic nitrogens is 4. The lowest BCUT2D eigenvalue weighted by Crippen LogP contribution is -2.46. The smallest absolute Gasteiger partial charge is 0.282 e. The van der Waals surface area contributed by atoms with Crippen LogP contribution in [0.1, 0.15) is 17.7 Å². The van der Waals surface area contributed by atoms with Gasteiger partial charge in [-0.05, 0) is 0 Å². The molecule has 1 aliphatic heterocycles. The lowest BCUT2D eigenvalue weighted by molar-refractivity contribution is 0.142. The van der Waals surface area contributed by atoms with Gasteiger partial charge >= 0.3 is 0 Å². The Morgan fingerprint density at radius 3 is 2.52 bits per heavy atom. The molecule has 3 heterocycles. The minimum atomic E-state index is -2.54. The van der Waals surface area contributed by atoms with E-state index < -0.39 is 6.43 Å². The molecule has 1 saturated heterocycles. The first-order valence-corrected chi connectivity index (χ1v) is 8.21. The fourth-order valence-corrected chi connectivity index (χ4v) is 2.99. The Morgan fingerprint density at radius 2 is 1.88 bits per heavy atom. The third-order valence-electron chi connectivity index (χ3n) is 4.33. The molecule has 0 radical (unpaired) electrons. The van der Waals surface area contributed by atoms with E-state index in [2.05, 4.69) is 24.9 Å². The molecule has 2 aromatic rings. The maximum Gasteiger partial charge on any atom is 0.282 e. The standard InChI is InChI=1S/C16H23F2N7/c1-22(2)13-8-14(20-11-19-13)25-6-4-24(5-7-25)10-12-9-23(3)21-15(12)16(17)18/h8-9,11,16H,4-7,10H2,1-3H3. The molecule has 2 aromatic heterocycles. The van der Waals surface area contributed by atoms with E-state index in [-0.39, 0.29) is 5.69 Å². The summed E-state index contributed by atoms with van der Waals surface area (Å²) in [5.41, 5.74) is 0.485. The van der Waals surface area contributed by atoms with E-state index in [4.69, 9.17) is 0 Å². The molecule has 3 rings (SSSR count). The number of nitrogens with zero attached hydrogens (tertiary/aromatic N) is 7. The van der Waals surface area contributed by atoms with Gasteiger partial charge in [0.15, 0.2) is 0 Å². The fraction of sp³-hybridized carbons (Fsp3) is 0.562. The SMILES string of the molecule is CN(C)c1cc(N2CCN(Cc3cn(C)nc3C(F)F)CC2)ncn1. The fourth-order valence-electron chi connectivity index (χ4n) is 2.99. The van der Waals surface area contributed by atoms with Gasteiger partial charge in [-0.15, -0.1) is 0 Å². The highest BCUT2D eigenvalue weighted by atomic mass is 19.3. The molecule has 1 aliphatic rings. The topological polar surface area (TPSA) is 53.3 Å². The van der Waals surface area contributed by atoms with Crippen molar-refractivity contribution < 1.29 is 8.78 Å². The van der Waals surface area contributed by atoms with Crippen molar-refractivity contribution in [1.29, 1.82) is 0 Å². The van der Waals surface area contributed by atoms with Crippen molar-refractivity contribution in [1.82, 2.24) is 24.6 Å². The second-order valence-corrected chi connectivity index (χ2v) is 6.41. The zero-order valence-corrected chi connectivity index (χ0v) is 14.7. The van der Waals surface area contributed by atoms with Gasteiger partial charge in [0.05, 0.1) is 0 Å². The van der Waals surface area contributed by atoms with Crippen LogP contribution in [0.25, 0.3) is 0 Å². The Morgan fingerprint density at radius 1 is 1.16 bits per heavy atom. The van der Waals surface area contributed by atoms with Gasteiger partial charge in [0.2, 0.25) is 0 Å². The molecule has 0 aliphatic carbocycles. The predicted molar refractivity (Wildman–Crippen MR) is 92.0 cm³/mol. The lowest BCUT2D eigenvalue weighted by Gasteiger charge is -2.35. The molecular weight excluding hydrogens is 328 g/mol. The number of hydrogen-bond donors (Lipinski definition) is 0. The van der Waals surface area contributed by atoms with E-state index in [0.29, 0.717) is 12.1 Å². The molecule has 25 heavy (non-hydrogen) atoms. The summed E-state index contributed by atoms with van der Waals surface area (Å²) in [4.78, 5) is 14.9. The maximum atomic E-state index is 13.1. The number of hydrogen-bond acceptors (Lipinski definition) is 6. The van der Waals surface area contributed by atoms with Gasteiger partial charge in [-0.25, -0.2) is 18.7 Å². The van der Waals surface area contributed by atoms with Gasteiger partial charge in [-0.3, -0.25) is 9.58 Å². The number of rotatable bonds is 5. The van der Waals surface area contributed by atoms with Crippen LogP contribution >= 0.6 is 0 Å². The Bertz CT molecular complexity index is 708. The average molecular weight is 351 g/mol. The third kappa shape index (κ3) is 4.04. The van der Waals surface area contributed by atoms with Crippen LogP contribution in [0.4, 0.5) is 20.4 Å². The minimum absolute atomic E-state index is 0.114. The molecule has 0 bridgehead atoms. The molecule has 0 unspecified atom stereocenters. The van der Waals surface area contributed by atoms with Crippen LogP contribution in [0.3, 0.4) is 0 Å². The summed E-state index contributed by atoms with van der Waals surface area (Å²) in [6, 6.07) is 1.96. The molecule has 136 valence electrons. The van der Waals surface area contributed by atoms with E-state index >= 15 is 0 Å². The van der Waals surface area contributed by atoms with Crippen molar-refractivity contribution >= 4 is 11.6 Å². The zero-order chi connectivity index (χ0) is 18.0. The highest BCUT2D eigenvalue weighted by Gasteiger charge is 2.23. The van der Waals surface area contributed by atoms with Crippen molar-refractivity contribution in [3.63, 3.8) is 0 Å². The molecule has 0 saturated carbocycles. The van der Waals surface area contributed by atoms with Gasteiger partial charge in [0.25, 0.3) is 6.43 Å². The second-order valence-electron chi connectivity index (χ2n) is 6.41. The predicted octanol–water partition coefficient (Wildman–Crippen LogP) is 1.54. The van der Waals surface area contributed by atoms with Crippen molar-refractivity contribution in [2.24, 2.45) is 7.05 Å². The maximum absolute atomic E-state index is 13.1. The van der Waals surface area contributed by atoms with E-state index in [0.717, 1.165) is 37.8 Å². The second kappa shape index (κ2) is 7.30. The molecule has 0 amide bonds. The van der Waals surface area contributed by atoms with Crippen LogP contribution in [0, 0.1) is 0 Å². The first-order valence-electron chi connectivity index (χ1n) is 8.21. The van der Waals surface area contributed by atoms with E-state index in [9.17, 15) is 8.78 Å². The van der Waals surface area contributed by atoms with Crippen LogP contribution in [0.15, 0.2) is 18.6 Å². The first kappa shape index (κ1) is 17.5. The van der Waals surface area contributed by atoms with Crippen molar-refractivity contribution in [2.75, 3.05) is 50.1 Å². The lowest BCUT2D eigenvalue weighted by atomic mass is 10.2. The van der Waals surface area contributed by atoms with E-state index in [1.54, 1.807) is 19.6 Å². The Kier molecular flexibility index (Phi) is 5.12. The van der Waals surface area contributed by atoms with Gasteiger partial charge in [-0.1, -0.05) is 0 Å². The van der Waals surface area contributed by atoms with Crippen LogP contribution in [-0.2, 0) is 13.6 Å². The van der Waals surface area contributed by atoms with Crippen molar-refractivity contribution in [3.8, 4) is 0 Å². The Balaban J connectivity index is 1.62. The van der Waals surface area contributed by atoms with Crippen LogP contribution < -0.4 is 9.80 Å². The van der Waals surface area contributed by atoms with E-state index in [1.165, 1.54) is 4.68 Å². The first-order chi connectivity index (χ1) is 11.9. The van der Waals surface area contributed by atoms with E-state index in [1.807, 2.05) is 25.1 Å². The highest BCUT2D eigenvalue weighted by molar-refractivity contribution is 5.49. The number of anilines is 2. The molecule has 0 spiro atoms. The summed E-state index contributed by atoms with van der Waals surface area (Å²) in [6.07, 6.45) is 0.714. The molecular formula is C16H23F2N7. The number of piperazine rings is 1. The van der Waals surface area contributed by atoms with Crippen LogP contribution in [0.5, 0.6) is 0 Å². The summed E-state index contributed by atoms with van der Waals surface area (Å²) >= 11 is 0. The summed E-state index contributed by atoms with van der Waals surface area (Å²) in [5.74, 6) is 1.76. The number of halogens is 2. The zero-order valence-electron chi connectivity index (χ0n) is 14.7. The van der Waals surface area contributed by atoms with Gasteiger partial charge < -0.3 is 9.80 Å². The quantitative estimate of drug-likeness (QED) is 0.814. The Labute approximate surface area is 145 Å². The minimum Gasteiger partial charge on any atom is -0.363 e. The molecule has 9 heteroatoms. The summed E-state index contributed by atoms with van der Waals surface area (Å²) in [5, 5.41) is 3.87. The van der Waals surface area contributed by atoms with Crippen molar-refractivity contribution in [2.45, 2.75) is 13.0 Å². The normalized spacial score (nSPS) is 15.8. The molecule has 1 fully saturated rings. The van der Waals surface area contributed by atoms with Gasteiger partial charge in [-0.2, -0.15) is 5.10 Å². The average Bonchev–Trinajstić information content (AvgIpc) is 2.96. The Hall–Kier alpha value is -2.29. The molecule has 0 N–H and O–H groups in total. The number of alkyl halides is 2. The molecule has 7 nitrogen and oxygen atoms in total. The summed E-state index contributed by atoms with van der Waals surface area (Å²) in [7, 11) is 5.56. The highest BCUT2D eigenvalue weighted by Crippen LogP contribution is 2.23. The van der Waals surface area contributed by atoms with Crippen LogP contribution in [-0.4, -0.2) is 64.9 Å². The summed E-state index contributed by atoms with van der Waals surface area (Å²) in [6.45, 7) is 3.67. The monoisotopic (exact) mass is 351 g/mol. The molecule has 0 atom stereocenters. The largest absolute Gasteiger partial charge is 0.363 e. The third-order valence-corrected chi connectivity index (χ3v) is 4.33. The summed E-state index contributed by atoms with van der Waals surface area (Å²) < 4.78 is 27.6.